The lowest BCUT2D eigenvalue weighted by Crippen LogP contribution is -1.97. The summed E-state index contributed by atoms with van der Waals surface area (Å²) >= 11 is 11.9. The molecule has 0 saturated carbocycles. The molecule has 2 rings (SSSR count). The molecular weight excluding hydrogens is 291 g/mol. The van der Waals surface area contributed by atoms with Crippen molar-refractivity contribution in [2.24, 2.45) is 0 Å². The summed E-state index contributed by atoms with van der Waals surface area (Å²) in [5.41, 5.74) is 2.11. The summed E-state index contributed by atoms with van der Waals surface area (Å²) in [6.45, 7) is 4.38. The third kappa shape index (κ3) is 3.47. The van der Waals surface area contributed by atoms with Gasteiger partial charge in [-0.25, -0.2) is 0 Å². The fraction of sp³-hybridized carbons (Fsp3) is 0.294. The van der Waals surface area contributed by atoms with Gasteiger partial charge in [-0.1, -0.05) is 43.6 Å². The maximum Gasteiger partial charge on any atom is 0.131 e. The normalized spacial score (nSPS) is 12.2. The van der Waals surface area contributed by atoms with Crippen molar-refractivity contribution < 1.29 is 4.74 Å². The second kappa shape index (κ2) is 7.01. The molecule has 0 fully saturated rings. The summed E-state index contributed by atoms with van der Waals surface area (Å²) < 4.78 is 6.07. The maximum absolute atomic E-state index is 6.07. The van der Waals surface area contributed by atoms with Gasteiger partial charge < -0.3 is 4.74 Å². The van der Waals surface area contributed by atoms with Gasteiger partial charge in [0.2, 0.25) is 0 Å². The van der Waals surface area contributed by atoms with Crippen LogP contribution in [-0.4, -0.2) is 0 Å². The number of hydrogen-bond donors (Lipinski definition) is 0. The third-order valence-electron chi connectivity index (χ3n) is 3.45. The molecule has 20 heavy (non-hydrogen) atoms. The highest BCUT2D eigenvalue weighted by Crippen LogP contribution is 2.34. The van der Waals surface area contributed by atoms with Crippen molar-refractivity contribution in [2.45, 2.75) is 32.1 Å². The van der Waals surface area contributed by atoms with Crippen molar-refractivity contribution >= 4 is 23.2 Å². The van der Waals surface area contributed by atoms with Crippen LogP contribution < -0.4 is 4.74 Å². The Morgan fingerprint density at radius 1 is 1.10 bits per heavy atom. The first kappa shape index (κ1) is 15.2. The van der Waals surface area contributed by atoms with E-state index in [1.54, 1.807) is 0 Å². The van der Waals surface area contributed by atoms with Gasteiger partial charge in [0, 0.05) is 10.6 Å². The van der Waals surface area contributed by atoms with Crippen LogP contribution in [0, 0.1) is 0 Å². The van der Waals surface area contributed by atoms with Crippen LogP contribution >= 0.6 is 23.2 Å². The Balaban J connectivity index is 2.35. The zero-order valence-corrected chi connectivity index (χ0v) is 13.2. The molecule has 2 aromatic carbocycles. The van der Waals surface area contributed by atoms with E-state index in [1.807, 2.05) is 36.4 Å². The average Bonchev–Trinajstić information content (AvgIpc) is 2.48. The Kier molecular flexibility index (Phi) is 5.33. The van der Waals surface area contributed by atoms with E-state index in [9.17, 15) is 0 Å². The minimum atomic E-state index is 0.376. The summed E-state index contributed by atoms with van der Waals surface area (Å²) in [4.78, 5) is 0. The van der Waals surface area contributed by atoms with Crippen LogP contribution in [0.1, 0.15) is 37.3 Å². The van der Waals surface area contributed by atoms with Crippen molar-refractivity contribution in [3.8, 4) is 11.5 Å². The van der Waals surface area contributed by atoms with Gasteiger partial charge >= 0.3 is 0 Å². The molecule has 0 aliphatic rings. The number of halogens is 2. The van der Waals surface area contributed by atoms with E-state index in [1.165, 1.54) is 5.56 Å². The van der Waals surface area contributed by atoms with Crippen LogP contribution in [0.2, 0.25) is 5.02 Å². The van der Waals surface area contributed by atoms with Gasteiger partial charge in [0.25, 0.3) is 0 Å². The average molecular weight is 309 g/mol. The lowest BCUT2D eigenvalue weighted by Gasteiger charge is -2.17. The highest BCUT2D eigenvalue weighted by molar-refractivity contribution is 6.30. The number of para-hydroxylation sites is 1. The molecule has 0 N–H and O–H groups in total. The van der Waals surface area contributed by atoms with E-state index >= 15 is 0 Å². The monoisotopic (exact) mass is 308 g/mol. The van der Waals surface area contributed by atoms with Gasteiger partial charge in [-0.3, -0.25) is 0 Å². The first-order valence-corrected chi connectivity index (χ1v) is 7.68. The van der Waals surface area contributed by atoms with Gasteiger partial charge in [0.1, 0.15) is 11.5 Å². The summed E-state index contributed by atoms with van der Waals surface area (Å²) in [5, 5.41) is 0.670. The van der Waals surface area contributed by atoms with Crippen LogP contribution in [0.4, 0.5) is 0 Å². The Hall–Kier alpha value is -1.18. The molecule has 1 unspecified atom stereocenters. The largest absolute Gasteiger partial charge is 0.457 e. The molecule has 0 saturated heterocycles. The molecule has 0 aromatic heterocycles. The Labute approximate surface area is 130 Å². The van der Waals surface area contributed by atoms with Crippen LogP contribution in [0.3, 0.4) is 0 Å². The van der Waals surface area contributed by atoms with E-state index in [4.69, 9.17) is 27.9 Å². The van der Waals surface area contributed by atoms with Gasteiger partial charge in [-0.05, 0) is 42.2 Å². The van der Waals surface area contributed by atoms with Crippen LogP contribution in [0.25, 0.3) is 0 Å². The fourth-order valence-electron chi connectivity index (χ4n) is 2.07. The van der Waals surface area contributed by atoms with Gasteiger partial charge in [-0.15, -0.1) is 11.6 Å². The molecule has 0 spiro atoms. The second-order valence-electron chi connectivity index (χ2n) is 4.83. The number of rotatable bonds is 5. The van der Waals surface area contributed by atoms with Crippen LogP contribution in [-0.2, 0) is 5.88 Å². The predicted molar refractivity (Wildman–Crippen MR) is 86.2 cm³/mol. The van der Waals surface area contributed by atoms with Crippen molar-refractivity contribution in [3.63, 3.8) is 0 Å². The Morgan fingerprint density at radius 3 is 2.55 bits per heavy atom. The van der Waals surface area contributed by atoms with Crippen molar-refractivity contribution in [1.29, 1.82) is 0 Å². The lowest BCUT2D eigenvalue weighted by atomic mass is 9.98. The number of benzene rings is 2. The van der Waals surface area contributed by atoms with E-state index < -0.39 is 0 Å². The first-order valence-electron chi connectivity index (χ1n) is 6.76. The lowest BCUT2D eigenvalue weighted by molar-refractivity contribution is 0.466. The highest BCUT2D eigenvalue weighted by Gasteiger charge is 2.12. The molecule has 0 aliphatic carbocycles. The van der Waals surface area contributed by atoms with E-state index in [0.717, 1.165) is 23.5 Å². The molecule has 0 heterocycles. The second-order valence-corrected chi connectivity index (χ2v) is 5.54. The van der Waals surface area contributed by atoms with Crippen molar-refractivity contribution in [3.05, 3.63) is 58.6 Å². The summed E-state index contributed by atoms with van der Waals surface area (Å²) in [7, 11) is 0. The summed E-state index contributed by atoms with van der Waals surface area (Å²) in [6, 6.07) is 13.7. The third-order valence-corrected chi connectivity index (χ3v) is 3.97. The van der Waals surface area contributed by atoms with E-state index in [2.05, 4.69) is 19.9 Å². The van der Waals surface area contributed by atoms with E-state index in [0.29, 0.717) is 16.8 Å². The minimum Gasteiger partial charge on any atom is -0.457 e. The van der Waals surface area contributed by atoms with Gasteiger partial charge in [-0.2, -0.15) is 0 Å². The summed E-state index contributed by atoms with van der Waals surface area (Å²) in [5.74, 6) is 2.48. The topological polar surface area (TPSA) is 9.23 Å². The molecule has 106 valence electrons. The fourth-order valence-corrected chi connectivity index (χ4v) is 2.47. The molecule has 3 heteroatoms. The zero-order valence-electron chi connectivity index (χ0n) is 11.7. The predicted octanol–water partition coefficient (Wildman–Crippen LogP) is 6.38. The molecular formula is C17H18Cl2O. The zero-order chi connectivity index (χ0) is 14.5. The molecule has 2 aromatic rings. The molecule has 1 nitrogen and oxygen atoms in total. The van der Waals surface area contributed by atoms with Crippen LogP contribution in [0.5, 0.6) is 11.5 Å². The Bertz CT molecular complexity index is 581. The van der Waals surface area contributed by atoms with Gasteiger partial charge in [0.15, 0.2) is 0 Å². The molecule has 1 atom stereocenters. The standard InChI is InChI=1S/C17H18Cl2O/c1-3-12(2)15-6-4-5-7-17(15)20-16-9-8-14(19)10-13(16)11-18/h4-10,12H,3,11H2,1-2H3. The molecule has 0 bridgehead atoms. The van der Waals surface area contributed by atoms with Gasteiger partial charge in [0.05, 0.1) is 5.88 Å². The molecule has 0 aliphatic heterocycles. The molecule has 0 amide bonds. The Morgan fingerprint density at radius 2 is 1.85 bits per heavy atom. The quantitative estimate of drug-likeness (QED) is 0.582. The van der Waals surface area contributed by atoms with Crippen molar-refractivity contribution in [2.75, 3.05) is 0 Å². The van der Waals surface area contributed by atoms with Crippen LogP contribution in [0.15, 0.2) is 42.5 Å². The SMILES string of the molecule is CCC(C)c1ccccc1Oc1ccc(Cl)cc1CCl. The minimum absolute atomic E-state index is 0.376. The van der Waals surface area contributed by atoms with E-state index in [-0.39, 0.29) is 0 Å². The number of ether oxygens (including phenoxy) is 1. The smallest absolute Gasteiger partial charge is 0.131 e. The first-order chi connectivity index (χ1) is 9.65. The highest BCUT2D eigenvalue weighted by atomic mass is 35.5. The summed E-state index contributed by atoms with van der Waals surface area (Å²) in [6.07, 6.45) is 1.07. The number of hydrogen-bond acceptors (Lipinski definition) is 1. The van der Waals surface area contributed by atoms with Crippen molar-refractivity contribution in [1.82, 2.24) is 0 Å². The number of alkyl halides is 1. The maximum atomic E-state index is 6.07. The molecule has 0 radical (unpaired) electrons.